The highest BCUT2D eigenvalue weighted by atomic mass is 32.2. The van der Waals surface area contributed by atoms with E-state index in [4.69, 9.17) is 0 Å². The van der Waals surface area contributed by atoms with Crippen molar-refractivity contribution in [1.82, 2.24) is 4.90 Å². The standard InChI is InChI=1S/C17H25N3O3S/c1-4-18(5-2)11-8-12-19-16(21)13(3)24-17(19)14-9-6-7-10-15(14)20(22)23/h6-7,9-10,13,17H,4-5,8,11-12H2,1-3H3/p+1/t13-,17+/m0/s1. The Morgan fingerprint density at radius 2 is 1.96 bits per heavy atom. The predicted octanol–water partition coefficient (Wildman–Crippen LogP) is 1.87. The first-order valence-corrected chi connectivity index (χ1v) is 9.46. The monoisotopic (exact) mass is 352 g/mol. The smallest absolute Gasteiger partial charge is 0.275 e. The third-order valence-electron chi connectivity index (χ3n) is 4.58. The minimum atomic E-state index is -0.360. The van der Waals surface area contributed by atoms with Crippen LogP contribution in [0.1, 0.15) is 38.1 Å². The molecule has 1 aromatic rings. The van der Waals surface area contributed by atoms with Gasteiger partial charge in [-0.2, -0.15) is 0 Å². The molecule has 24 heavy (non-hydrogen) atoms. The van der Waals surface area contributed by atoms with Crippen LogP contribution in [0.3, 0.4) is 0 Å². The Kier molecular flexibility index (Phi) is 6.62. The highest BCUT2D eigenvalue weighted by molar-refractivity contribution is 8.01. The van der Waals surface area contributed by atoms with Crippen molar-refractivity contribution in [2.24, 2.45) is 0 Å². The number of nitro benzene ring substituents is 1. The SMILES string of the molecule is CC[NH+](CC)CCCN1C(=O)[C@H](C)S[C@@H]1c1ccccc1[N+](=O)[O-]. The summed E-state index contributed by atoms with van der Waals surface area (Å²) >= 11 is 1.50. The highest BCUT2D eigenvalue weighted by Gasteiger charge is 2.40. The second-order valence-corrected chi connectivity index (χ2v) is 7.46. The van der Waals surface area contributed by atoms with Crippen molar-refractivity contribution < 1.29 is 14.6 Å². The number of nitrogens with zero attached hydrogens (tertiary/aromatic N) is 2. The Labute approximate surface area is 147 Å². The third-order valence-corrected chi connectivity index (χ3v) is 5.95. The first-order valence-electron chi connectivity index (χ1n) is 8.52. The summed E-state index contributed by atoms with van der Waals surface area (Å²) in [6.45, 7) is 10.0. The van der Waals surface area contributed by atoms with Gasteiger partial charge in [0.25, 0.3) is 5.69 Å². The fourth-order valence-electron chi connectivity index (χ4n) is 3.11. The quantitative estimate of drug-likeness (QED) is 0.573. The van der Waals surface area contributed by atoms with Crippen molar-refractivity contribution in [3.8, 4) is 0 Å². The summed E-state index contributed by atoms with van der Waals surface area (Å²) in [5.41, 5.74) is 0.719. The predicted molar refractivity (Wildman–Crippen MR) is 96.1 cm³/mol. The minimum absolute atomic E-state index is 0.0812. The summed E-state index contributed by atoms with van der Waals surface area (Å²) in [5, 5.41) is 10.9. The molecule has 0 aromatic heterocycles. The number of para-hydroxylation sites is 1. The number of carbonyl (C=O) groups excluding carboxylic acids is 1. The van der Waals surface area contributed by atoms with Gasteiger partial charge < -0.3 is 9.80 Å². The van der Waals surface area contributed by atoms with E-state index >= 15 is 0 Å². The molecule has 1 aliphatic rings. The number of benzene rings is 1. The maximum absolute atomic E-state index is 12.5. The van der Waals surface area contributed by atoms with Crippen molar-refractivity contribution in [3.05, 3.63) is 39.9 Å². The van der Waals surface area contributed by atoms with E-state index in [1.807, 2.05) is 11.8 Å². The van der Waals surface area contributed by atoms with E-state index in [-0.39, 0.29) is 27.1 Å². The Morgan fingerprint density at radius 1 is 1.29 bits per heavy atom. The summed E-state index contributed by atoms with van der Waals surface area (Å²) in [6.07, 6.45) is 0.910. The maximum atomic E-state index is 12.5. The normalized spacial score (nSPS) is 20.8. The molecule has 7 heteroatoms. The lowest BCUT2D eigenvalue weighted by Crippen LogP contribution is -3.11. The molecular weight excluding hydrogens is 326 g/mol. The average Bonchev–Trinajstić information content (AvgIpc) is 2.86. The molecule has 2 rings (SSSR count). The number of rotatable bonds is 8. The van der Waals surface area contributed by atoms with Crippen LogP contribution in [0, 0.1) is 10.1 Å². The summed E-state index contributed by atoms with van der Waals surface area (Å²) in [4.78, 5) is 26.8. The van der Waals surface area contributed by atoms with Gasteiger partial charge in [-0.3, -0.25) is 14.9 Å². The zero-order valence-electron chi connectivity index (χ0n) is 14.5. The number of hydrogen-bond acceptors (Lipinski definition) is 4. The topological polar surface area (TPSA) is 67.9 Å². The molecule has 1 N–H and O–H groups in total. The van der Waals surface area contributed by atoms with Gasteiger partial charge in [-0.15, -0.1) is 11.8 Å². The molecule has 2 atom stereocenters. The Morgan fingerprint density at radius 3 is 2.58 bits per heavy atom. The fourth-order valence-corrected chi connectivity index (χ4v) is 4.45. The van der Waals surface area contributed by atoms with Gasteiger partial charge in [-0.1, -0.05) is 12.1 Å². The second-order valence-electron chi connectivity index (χ2n) is 6.04. The van der Waals surface area contributed by atoms with E-state index in [2.05, 4.69) is 13.8 Å². The van der Waals surface area contributed by atoms with Crippen LogP contribution < -0.4 is 4.90 Å². The molecule has 0 aliphatic carbocycles. The number of hydrogen-bond donors (Lipinski definition) is 1. The lowest BCUT2D eigenvalue weighted by atomic mass is 10.1. The van der Waals surface area contributed by atoms with Gasteiger partial charge in [-0.25, -0.2) is 0 Å². The molecule has 1 aromatic carbocycles. The van der Waals surface area contributed by atoms with Crippen molar-refractivity contribution in [2.45, 2.75) is 37.8 Å². The zero-order valence-corrected chi connectivity index (χ0v) is 15.3. The molecule has 0 bridgehead atoms. The van der Waals surface area contributed by atoms with E-state index in [0.29, 0.717) is 12.1 Å². The number of thioether (sulfide) groups is 1. The summed E-state index contributed by atoms with van der Waals surface area (Å²) in [7, 11) is 0. The van der Waals surface area contributed by atoms with Crippen LogP contribution in [0.2, 0.25) is 0 Å². The first kappa shape index (κ1) is 18.7. The van der Waals surface area contributed by atoms with E-state index in [1.54, 1.807) is 18.2 Å². The third kappa shape index (κ3) is 4.08. The summed E-state index contributed by atoms with van der Waals surface area (Å²) in [5.74, 6) is 0.0812. The lowest BCUT2D eigenvalue weighted by Gasteiger charge is -2.25. The molecule has 1 saturated heterocycles. The van der Waals surface area contributed by atoms with Gasteiger partial charge in [0, 0.05) is 19.0 Å². The molecule has 132 valence electrons. The van der Waals surface area contributed by atoms with Crippen LogP contribution in [0.25, 0.3) is 0 Å². The molecule has 6 nitrogen and oxygen atoms in total. The molecule has 0 saturated carbocycles. The van der Waals surface area contributed by atoms with Crippen molar-refractivity contribution in [2.75, 3.05) is 26.2 Å². The summed E-state index contributed by atoms with van der Waals surface area (Å²) in [6, 6.07) is 6.75. The lowest BCUT2D eigenvalue weighted by molar-refractivity contribution is -0.896. The van der Waals surface area contributed by atoms with Crippen LogP contribution >= 0.6 is 11.8 Å². The average molecular weight is 352 g/mol. The van der Waals surface area contributed by atoms with Gasteiger partial charge in [0.1, 0.15) is 5.37 Å². The van der Waals surface area contributed by atoms with E-state index in [0.717, 1.165) is 26.1 Å². The molecule has 1 aliphatic heterocycles. The van der Waals surface area contributed by atoms with Crippen LogP contribution in [-0.2, 0) is 4.79 Å². The van der Waals surface area contributed by atoms with Gasteiger partial charge in [0.05, 0.1) is 35.4 Å². The van der Waals surface area contributed by atoms with Gasteiger partial charge >= 0.3 is 0 Å². The van der Waals surface area contributed by atoms with E-state index < -0.39 is 0 Å². The number of carbonyl (C=O) groups is 1. The van der Waals surface area contributed by atoms with Gasteiger partial charge in [0.2, 0.25) is 5.91 Å². The molecule has 1 amide bonds. The number of nitrogens with one attached hydrogen (secondary N) is 1. The minimum Gasteiger partial charge on any atom is -0.335 e. The van der Waals surface area contributed by atoms with E-state index in [1.165, 1.54) is 22.7 Å². The van der Waals surface area contributed by atoms with Crippen LogP contribution in [0.15, 0.2) is 24.3 Å². The number of quaternary nitrogens is 1. The first-order chi connectivity index (χ1) is 11.5. The summed E-state index contributed by atoms with van der Waals surface area (Å²) < 4.78 is 0. The second kappa shape index (κ2) is 8.48. The van der Waals surface area contributed by atoms with Crippen molar-refractivity contribution in [3.63, 3.8) is 0 Å². The fraction of sp³-hybridized carbons (Fsp3) is 0.588. The highest BCUT2D eigenvalue weighted by Crippen LogP contribution is 2.45. The van der Waals surface area contributed by atoms with Crippen molar-refractivity contribution in [1.29, 1.82) is 0 Å². The largest absolute Gasteiger partial charge is 0.335 e. The van der Waals surface area contributed by atoms with Crippen LogP contribution in [-0.4, -0.2) is 47.2 Å². The number of amides is 1. The molecule has 1 fully saturated rings. The van der Waals surface area contributed by atoms with Gasteiger partial charge in [0.15, 0.2) is 0 Å². The molecule has 1 heterocycles. The molecule has 0 radical (unpaired) electrons. The Balaban J connectivity index is 2.16. The maximum Gasteiger partial charge on any atom is 0.275 e. The zero-order chi connectivity index (χ0) is 17.7. The Bertz CT molecular complexity index is 592. The van der Waals surface area contributed by atoms with Crippen LogP contribution in [0.5, 0.6) is 0 Å². The van der Waals surface area contributed by atoms with Crippen LogP contribution in [0.4, 0.5) is 5.69 Å². The molecule has 0 spiro atoms. The van der Waals surface area contributed by atoms with Crippen molar-refractivity contribution >= 4 is 23.4 Å². The Hall–Kier alpha value is -1.60. The van der Waals surface area contributed by atoms with Gasteiger partial charge in [-0.05, 0) is 26.8 Å². The molecule has 0 unspecified atom stereocenters. The number of nitro groups is 1. The van der Waals surface area contributed by atoms with E-state index in [9.17, 15) is 14.9 Å². The molecular formula is C17H26N3O3S+.